The average molecular weight is 472 g/mol. The van der Waals surface area contributed by atoms with Crippen molar-refractivity contribution < 1.29 is 24.2 Å². The number of ether oxygens (including phenoxy) is 1. The third-order valence-electron chi connectivity index (χ3n) is 7.87. The van der Waals surface area contributed by atoms with Crippen molar-refractivity contribution in [1.82, 2.24) is 15.5 Å². The van der Waals surface area contributed by atoms with Crippen LogP contribution in [0.4, 0.5) is 0 Å². The number of likely N-dealkylation sites (tertiary alicyclic amines) is 1. The van der Waals surface area contributed by atoms with Crippen LogP contribution in [0, 0.1) is 17.8 Å². The van der Waals surface area contributed by atoms with Gasteiger partial charge >= 0.3 is 0 Å². The van der Waals surface area contributed by atoms with Gasteiger partial charge in [0.15, 0.2) is 0 Å². The van der Waals surface area contributed by atoms with E-state index in [2.05, 4.69) is 10.6 Å². The lowest BCUT2D eigenvalue weighted by Gasteiger charge is -2.39. The minimum Gasteiger partial charge on any atom is -0.394 e. The molecule has 3 saturated heterocycles. The maximum atomic E-state index is 14.0. The number of aliphatic hydroxyl groups excluding tert-OH is 1. The van der Waals surface area contributed by atoms with Gasteiger partial charge in [-0.2, -0.15) is 0 Å². The Hall–Kier alpha value is -2.45. The monoisotopic (exact) mass is 471 g/mol. The second-order valence-electron chi connectivity index (χ2n) is 10.3. The molecule has 4 rings (SSSR count). The summed E-state index contributed by atoms with van der Waals surface area (Å²) >= 11 is 0. The van der Waals surface area contributed by atoms with Crippen molar-refractivity contribution in [3.63, 3.8) is 0 Å². The Morgan fingerprint density at radius 1 is 1.21 bits per heavy atom. The molecule has 8 nitrogen and oxygen atoms in total. The van der Waals surface area contributed by atoms with Crippen LogP contribution < -0.4 is 10.6 Å². The lowest BCUT2D eigenvalue weighted by atomic mass is 9.70. The smallest absolute Gasteiger partial charge is 0.246 e. The van der Waals surface area contributed by atoms with Crippen LogP contribution in [0.5, 0.6) is 0 Å². The number of aliphatic hydroxyl groups is 1. The minimum absolute atomic E-state index is 0.0129. The van der Waals surface area contributed by atoms with Gasteiger partial charge in [0.2, 0.25) is 17.7 Å². The van der Waals surface area contributed by atoms with E-state index in [1.165, 1.54) is 0 Å². The van der Waals surface area contributed by atoms with Crippen LogP contribution in [-0.4, -0.2) is 64.2 Å². The summed E-state index contributed by atoms with van der Waals surface area (Å²) < 4.78 is 6.43. The van der Waals surface area contributed by atoms with Gasteiger partial charge in [0.25, 0.3) is 0 Å². The van der Waals surface area contributed by atoms with E-state index in [-0.39, 0.29) is 36.3 Å². The molecule has 2 unspecified atom stereocenters. The minimum atomic E-state index is -1.05. The summed E-state index contributed by atoms with van der Waals surface area (Å²) in [5.41, 5.74) is -0.0728. The van der Waals surface area contributed by atoms with Crippen LogP contribution >= 0.6 is 0 Å². The van der Waals surface area contributed by atoms with E-state index in [0.717, 1.165) is 12.0 Å². The molecular weight excluding hydrogens is 434 g/mol. The maximum Gasteiger partial charge on any atom is 0.246 e. The molecule has 186 valence electrons. The summed E-state index contributed by atoms with van der Waals surface area (Å²) in [6.45, 7) is 7.84. The predicted molar refractivity (Wildman–Crippen MR) is 126 cm³/mol. The number of fused-ring (bicyclic) bond motifs is 1. The van der Waals surface area contributed by atoms with Crippen molar-refractivity contribution in [2.24, 2.45) is 17.8 Å². The fraction of sp³-hybridized carbons (Fsp3) is 0.654. The van der Waals surface area contributed by atoms with Crippen LogP contribution in [0.3, 0.4) is 0 Å². The van der Waals surface area contributed by atoms with Crippen molar-refractivity contribution >= 4 is 17.7 Å². The Labute approximate surface area is 201 Å². The number of rotatable bonds is 9. The number of carbonyl (C=O) groups excluding carboxylic acids is 3. The Balaban J connectivity index is 1.66. The number of nitrogens with zero attached hydrogens (tertiary/aromatic N) is 1. The number of nitrogens with one attached hydrogen (secondary N) is 2. The molecular formula is C26H37N3O5. The van der Waals surface area contributed by atoms with Crippen molar-refractivity contribution in [3.8, 4) is 0 Å². The summed E-state index contributed by atoms with van der Waals surface area (Å²) in [6.07, 6.45) is 1.52. The van der Waals surface area contributed by atoms with Crippen LogP contribution in [0.2, 0.25) is 0 Å². The average Bonchev–Trinajstić information content (AvgIpc) is 3.46. The standard InChI is InChI=1S/C26H37N3O5/c1-5-16(4)18(14-30)29-22(24(32)28-15(2)3)26-12-11-19(34-26)20(21(26)25(29)33)23(31)27-13-17-9-7-6-8-10-17/h6-10,15-16,18-22,30H,5,11-14H2,1-4H3,(H,27,31)(H,28,32)/t16-,18-,19+,20-,21-,22?,26?/m0/s1. The van der Waals surface area contributed by atoms with Gasteiger partial charge < -0.3 is 25.4 Å². The van der Waals surface area contributed by atoms with Crippen LogP contribution in [0.1, 0.15) is 52.5 Å². The van der Waals surface area contributed by atoms with Crippen molar-refractivity contribution in [2.45, 2.75) is 83.3 Å². The molecule has 3 N–H and O–H groups in total. The summed E-state index contributed by atoms with van der Waals surface area (Å²) in [4.78, 5) is 42.4. The van der Waals surface area contributed by atoms with Gasteiger partial charge in [-0.1, -0.05) is 50.6 Å². The quantitative estimate of drug-likeness (QED) is 0.507. The molecule has 1 aromatic carbocycles. The number of carbonyl (C=O) groups is 3. The Morgan fingerprint density at radius 3 is 2.53 bits per heavy atom. The lowest BCUT2D eigenvalue weighted by molar-refractivity contribution is -0.147. The molecule has 34 heavy (non-hydrogen) atoms. The Kier molecular flexibility index (Phi) is 7.01. The zero-order valence-corrected chi connectivity index (χ0v) is 20.5. The first-order valence-corrected chi connectivity index (χ1v) is 12.5. The SMILES string of the molecule is CC[C@H](C)[C@H](CO)N1C(=O)[C@@H]2[C@@H](C(=O)NCc3ccccc3)[C@H]3CCC2(O3)C1C(=O)NC(C)C. The normalized spacial score (nSPS) is 31.5. The molecule has 8 heteroatoms. The molecule has 3 fully saturated rings. The van der Waals surface area contributed by atoms with E-state index in [1.54, 1.807) is 4.90 Å². The largest absolute Gasteiger partial charge is 0.394 e. The molecule has 3 aliphatic heterocycles. The first-order chi connectivity index (χ1) is 16.2. The van der Waals surface area contributed by atoms with E-state index >= 15 is 0 Å². The van der Waals surface area contributed by atoms with Crippen molar-refractivity contribution in [1.29, 1.82) is 0 Å². The van der Waals surface area contributed by atoms with Gasteiger partial charge in [-0.3, -0.25) is 14.4 Å². The number of amides is 3. The highest BCUT2D eigenvalue weighted by molar-refractivity contribution is 5.99. The molecule has 0 saturated carbocycles. The molecule has 2 bridgehead atoms. The third-order valence-corrected chi connectivity index (χ3v) is 7.87. The van der Waals surface area contributed by atoms with E-state index in [0.29, 0.717) is 19.4 Å². The van der Waals surface area contributed by atoms with Gasteiger partial charge in [0, 0.05) is 12.6 Å². The van der Waals surface area contributed by atoms with Gasteiger partial charge in [0.05, 0.1) is 30.6 Å². The molecule has 3 amide bonds. The fourth-order valence-corrected chi connectivity index (χ4v) is 6.13. The van der Waals surface area contributed by atoms with Crippen LogP contribution in [-0.2, 0) is 25.7 Å². The number of hydrogen-bond donors (Lipinski definition) is 3. The van der Waals surface area contributed by atoms with Crippen molar-refractivity contribution in [2.75, 3.05) is 6.61 Å². The maximum absolute atomic E-state index is 14.0. The predicted octanol–water partition coefficient (Wildman–Crippen LogP) is 1.61. The van der Waals surface area contributed by atoms with Crippen LogP contribution in [0.25, 0.3) is 0 Å². The second-order valence-corrected chi connectivity index (χ2v) is 10.3. The van der Waals surface area contributed by atoms with Crippen molar-refractivity contribution in [3.05, 3.63) is 35.9 Å². The number of benzene rings is 1. The molecule has 7 atom stereocenters. The van der Waals surface area contributed by atoms with Gasteiger partial charge in [0.1, 0.15) is 11.6 Å². The highest BCUT2D eigenvalue weighted by Crippen LogP contribution is 2.59. The van der Waals surface area contributed by atoms with Gasteiger partial charge in [-0.05, 0) is 38.2 Å². The van der Waals surface area contributed by atoms with Gasteiger partial charge in [-0.25, -0.2) is 0 Å². The Bertz CT molecular complexity index is 922. The first kappa shape index (κ1) is 24.7. The summed E-state index contributed by atoms with van der Waals surface area (Å²) in [6, 6.07) is 8.12. The molecule has 1 spiro atoms. The molecule has 1 aromatic rings. The first-order valence-electron chi connectivity index (χ1n) is 12.5. The van der Waals surface area contributed by atoms with E-state index < -0.39 is 35.6 Å². The summed E-state index contributed by atoms with van der Waals surface area (Å²) in [7, 11) is 0. The lowest BCUT2D eigenvalue weighted by Crippen LogP contribution is -2.59. The van der Waals surface area contributed by atoms with E-state index in [1.807, 2.05) is 58.0 Å². The molecule has 0 radical (unpaired) electrons. The zero-order chi connectivity index (χ0) is 24.6. The molecule has 3 aliphatic rings. The molecule has 0 aromatic heterocycles. The third kappa shape index (κ3) is 4.01. The molecule has 0 aliphatic carbocycles. The van der Waals surface area contributed by atoms with Crippen LogP contribution in [0.15, 0.2) is 30.3 Å². The highest BCUT2D eigenvalue weighted by Gasteiger charge is 2.75. The van der Waals surface area contributed by atoms with E-state index in [4.69, 9.17) is 4.74 Å². The summed E-state index contributed by atoms with van der Waals surface area (Å²) in [5, 5.41) is 16.2. The zero-order valence-electron chi connectivity index (χ0n) is 20.5. The van der Waals surface area contributed by atoms with Gasteiger partial charge in [-0.15, -0.1) is 0 Å². The highest BCUT2D eigenvalue weighted by atomic mass is 16.5. The Morgan fingerprint density at radius 2 is 1.91 bits per heavy atom. The molecule has 3 heterocycles. The number of hydrogen-bond acceptors (Lipinski definition) is 5. The fourth-order valence-electron chi connectivity index (χ4n) is 6.13. The topological polar surface area (TPSA) is 108 Å². The van der Waals surface area contributed by atoms with E-state index in [9.17, 15) is 19.5 Å². The second kappa shape index (κ2) is 9.66. The summed E-state index contributed by atoms with van der Waals surface area (Å²) in [5.74, 6) is -2.16.